The number of furan rings is 1. The van der Waals surface area contributed by atoms with Crippen LogP contribution in [0.15, 0.2) is 40.8 Å². The number of rotatable bonds is 2. The summed E-state index contributed by atoms with van der Waals surface area (Å²) >= 11 is 0. The lowest BCUT2D eigenvalue weighted by Gasteiger charge is -1.99. The van der Waals surface area contributed by atoms with Gasteiger partial charge in [0.15, 0.2) is 0 Å². The molecule has 2 aromatic rings. The highest BCUT2D eigenvalue weighted by molar-refractivity contribution is 5.61. The van der Waals surface area contributed by atoms with Gasteiger partial charge in [-0.05, 0) is 18.6 Å². The van der Waals surface area contributed by atoms with Crippen molar-refractivity contribution in [3.63, 3.8) is 0 Å². The Kier molecular flexibility index (Phi) is 2.63. The summed E-state index contributed by atoms with van der Waals surface area (Å²) < 4.78 is 5.86. The van der Waals surface area contributed by atoms with Crippen molar-refractivity contribution in [3.8, 4) is 11.3 Å². The van der Waals surface area contributed by atoms with Crippen LogP contribution < -0.4 is 0 Å². The van der Waals surface area contributed by atoms with Gasteiger partial charge in [-0.3, -0.25) is 0 Å². The van der Waals surface area contributed by atoms with Crippen molar-refractivity contribution < 1.29 is 4.42 Å². The number of hydrogen-bond acceptors (Lipinski definition) is 1. The van der Waals surface area contributed by atoms with E-state index < -0.39 is 0 Å². The van der Waals surface area contributed by atoms with E-state index in [9.17, 15) is 0 Å². The molecule has 0 saturated carbocycles. The molecular weight excluding hydrogens is 184 g/mol. The fraction of sp³-hybridized carbons (Fsp3) is 0.286. The lowest BCUT2D eigenvalue weighted by Crippen LogP contribution is -1.80. The summed E-state index contributed by atoms with van der Waals surface area (Å²) in [6.45, 7) is 6.39. The fourth-order valence-electron chi connectivity index (χ4n) is 1.67. The second-order valence-corrected chi connectivity index (χ2v) is 4.18. The van der Waals surface area contributed by atoms with Gasteiger partial charge in [-0.1, -0.05) is 44.2 Å². The van der Waals surface area contributed by atoms with Crippen molar-refractivity contribution in [2.75, 3.05) is 0 Å². The monoisotopic (exact) mass is 200 g/mol. The van der Waals surface area contributed by atoms with Gasteiger partial charge in [0.05, 0.1) is 0 Å². The third-order valence-corrected chi connectivity index (χ3v) is 2.54. The van der Waals surface area contributed by atoms with Gasteiger partial charge in [-0.15, -0.1) is 0 Å². The summed E-state index contributed by atoms with van der Waals surface area (Å²) in [5.74, 6) is 2.51. The maximum absolute atomic E-state index is 5.86. The van der Waals surface area contributed by atoms with Gasteiger partial charge < -0.3 is 4.42 Å². The Morgan fingerprint density at radius 2 is 1.73 bits per heavy atom. The number of benzene rings is 1. The minimum Gasteiger partial charge on any atom is -0.461 e. The van der Waals surface area contributed by atoms with Crippen LogP contribution in [-0.4, -0.2) is 0 Å². The molecule has 0 aliphatic heterocycles. The fourth-order valence-corrected chi connectivity index (χ4v) is 1.67. The maximum atomic E-state index is 5.86. The van der Waals surface area contributed by atoms with Crippen molar-refractivity contribution in [1.82, 2.24) is 0 Å². The van der Waals surface area contributed by atoms with Gasteiger partial charge in [-0.2, -0.15) is 0 Å². The van der Waals surface area contributed by atoms with Crippen LogP contribution in [0.3, 0.4) is 0 Å². The molecule has 0 unspecified atom stereocenters. The standard InChI is InChI=1S/C14H16O/c1-10(2)13-9-11(3)14(15-13)12-7-5-4-6-8-12/h4-10H,1-3H3. The zero-order valence-electron chi connectivity index (χ0n) is 9.45. The highest BCUT2D eigenvalue weighted by atomic mass is 16.3. The topological polar surface area (TPSA) is 13.1 Å². The molecule has 0 fully saturated rings. The Morgan fingerprint density at radius 3 is 2.27 bits per heavy atom. The Hall–Kier alpha value is -1.50. The maximum Gasteiger partial charge on any atom is 0.137 e. The third kappa shape index (κ3) is 1.96. The van der Waals surface area contributed by atoms with Gasteiger partial charge in [0.1, 0.15) is 11.5 Å². The Morgan fingerprint density at radius 1 is 1.07 bits per heavy atom. The van der Waals surface area contributed by atoms with Crippen LogP contribution >= 0.6 is 0 Å². The van der Waals surface area contributed by atoms with E-state index in [0.29, 0.717) is 5.92 Å². The minimum atomic E-state index is 0.446. The van der Waals surface area contributed by atoms with Crippen molar-refractivity contribution in [3.05, 3.63) is 47.7 Å². The Bertz CT molecular complexity index is 438. The second kappa shape index (κ2) is 3.93. The first kappa shape index (κ1) is 10.0. The number of hydrogen-bond donors (Lipinski definition) is 0. The molecule has 0 radical (unpaired) electrons. The van der Waals surface area contributed by atoms with E-state index in [0.717, 1.165) is 17.1 Å². The molecule has 1 heterocycles. The molecular formula is C14H16O. The van der Waals surface area contributed by atoms with E-state index in [4.69, 9.17) is 4.42 Å². The van der Waals surface area contributed by atoms with E-state index in [1.54, 1.807) is 0 Å². The van der Waals surface area contributed by atoms with Crippen LogP contribution in [-0.2, 0) is 0 Å². The largest absolute Gasteiger partial charge is 0.461 e. The number of aryl methyl sites for hydroxylation is 1. The van der Waals surface area contributed by atoms with Gasteiger partial charge >= 0.3 is 0 Å². The van der Waals surface area contributed by atoms with E-state index in [1.165, 1.54) is 5.56 Å². The van der Waals surface area contributed by atoms with Crippen molar-refractivity contribution in [2.45, 2.75) is 26.7 Å². The van der Waals surface area contributed by atoms with Gasteiger partial charge in [0.25, 0.3) is 0 Å². The zero-order valence-corrected chi connectivity index (χ0v) is 9.45. The van der Waals surface area contributed by atoms with Crippen molar-refractivity contribution in [1.29, 1.82) is 0 Å². The average Bonchev–Trinajstić information content (AvgIpc) is 2.62. The van der Waals surface area contributed by atoms with Crippen molar-refractivity contribution >= 4 is 0 Å². The summed E-state index contributed by atoms with van der Waals surface area (Å²) in [6.07, 6.45) is 0. The molecule has 1 aromatic heterocycles. The molecule has 0 aliphatic carbocycles. The normalized spacial score (nSPS) is 10.9. The molecule has 2 rings (SSSR count). The first-order chi connectivity index (χ1) is 7.18. The van der Waals surface area contributed by atoms with E-state index in [1.807, 2.05) is 18.2 Å². The molecule has 0 aliphatic rings. The smallest absolute Gasteiger partial charge is 0.137 e. The van der Waals surface area contributed by atoms with Crippen LogP contribution in [0.4, 0.5) is 0 Å². The predicted octanol–water partition coefficient (Wildman–Crippen LogP) is 4.38. The molecule has 1 heteroatoms. The summed E-state index contributed by atoms with van der Waals surface area (Å²) in [7, 11) is 0. The van der Waals surface area contributed by atoms with Gasteiger partial charge in [0, 0.05) is 11.5 Å². The average molecular weight is 200 g/mol. The molecule has 1 nitrogen and oxygen atoms in total. The predicted molar refractivity (Wildman–Crippen MR) is 63.0 cm³/mol. The van der Waals surface area contributed by atoms with Gasteiger partial charge in [-0.25, -0.2) is 0 Å². The third-order valence-electron chi connectivity index (χ3n) is 2.54. The van der Waals surface area contributed by atoms with E-state index in [2.05, 4.69) is 39.0 Å². The van der Waals surface area contributed by atoms with Gasteiger partial charge in [0.2, 0.25) is 0 Å². The van der Waals surface area contributed by atoms with Crippen LogP contribution in [0.1, 0.15) is 31.1 Å². The SMILES string of the molecule is Cc1cc(C(C)C)oc1-c1ccccc1. The summed E-state index contributed by atoms with van der Waals surface area (Å²) in [5, 5.41) is 0. The second-order valence-electron chi connectivity index (χ2n) is 4.18. The van der Waals surface area contributed by atoms with Crippen LogP contribution in [0, 0.1) is 6.92 Å². The Labute approximate surface area is 90.7 Å². The molecule has 0 amide bonds. The van der Waals surface area contributed by atoms with Crippen LogP contribution in [0.2, 0.25) is 0 Å². The minimum absolute atomic E-state index is 0.446. The molecule has 0 saturated heterocycles. The summed E-state index contributed by atoms with van der Waals surface area (Å²) in [6, 6.07) is 12.4. The molecule has 0 bridgehead atoms. The van der Waals surface area contributed by atoms with E-state index >= 15 is 0 Å². The molecule has 0 atom stereocenters. The molecule has 0 N–H and O–H groups in total. The highest BCUT2D eigenvalue weighted by Gasteiger charge is 2.11. The van der Waals surface area contributed by atoms with E-state index in [-0.39, 0.29) is 0 Å². The molecule has 78 valence electrons. The van der Waals surface area contributed by atoms with Crippen molar-refractivity contribution in [2.24, 2.45) is 0 Å². The Balaban J connectivity index is 2.45. The highest BCUT2D eigenvalue weighted by Crippen LogP contribution is 2.29. The lowest BCUT2D eigenvalue weighted by molar-refractivity contribution is 0.498. The summed E-state index contributed by atoms with van der Waals surface area (Å²) in [4.78, 5) is 0. The lowest BCUT2D eigenvalue weighted by atomic mass is 10.1. The first-order valence-electron chi connectivity index (χ1n) is 5.34. The van der Waals surface area contributed by atoms with Crippen LogP contribution in [0.25, 0.3) is 11.3 Å². The summed E-state index contributed by atoms with van der Waals surface area (Å²) in [5.41, 5.74) is 2.37. The first-order valence-corrected chi connectivity index (χ1v) is 5.34. The molecule has 1 aromatic carbocycles. The molecule has 15 heavy (non-hydrogen) atoms. The molecule has 0 spiro atoms. The quantitative estimate of drug-likeness (QED) is 0.701. The zero-order chi connectivity index (χ0) is 10.8. The van der Waals surface area contributed by atoms with Crippen LogP contribution in [0.5, 0.6) is 0 Å².